The number of nitrogen functional groups attached to an aromatic ring is 1. The van der Waals surface area contributed by atoms with Gasteiger partial charge in [0.25, 0.3) is 0 Å². The molecular weight excluding hydrogens is 440 g/mol. The first kappa shape index (κ1) is 21.0. The number of rotatable bonds is 1. The number of nitrogens with zero attached hydrogens (tertiary/aromatic N) is 5. The van der Waals surface area contributed by atoms with Crippen LogP contribution in [0.25, 0.3) is 16.9 Å². The molecule has 2 bridgehead atoms. The Morgan fingerprint density at radius 2 is 1.94 bits per heavy atom. The Morgan fingerprint density at radius 1 is 1.12 bits per heavy atom. The number of ether oxygens (including phenoxy) is 1. The SMILES string of the molecule is CCn1ncc2c1-c1cnc(N)c(c1)OCc1cc(F)ccc1-n1nc(C(F)(F)F)cc1C2. The standard InChI is InChI=1S/C22H18F4N6O/c1-2-31-20-12(10-29-31)6-16-8-19(22(24,25)26)30-32(16)17-4-3-15(23)5-14(17)11-33-18-7-13(20)9-28-21(18)27/h3-5,7-10H,2,6,11H2,1H3,(H2,27,28). The van der Waals surface area contributed by atoms with Crippen molar-refractivity contribution in [2.75, 3.05) is 5.73 Å². The van der Waals surface area contributed by atoms with Gasteiger partial charge in [0.15, 0.2) is 17.3 Å². The zero-order valence-corrected chi connectivity index (χ0v) is 17.4. The summed E-state index contributed by atoms with van der Waals surface area (Å²) < 4.78 is 63.5. The van der Waals surface area contributed by atoms with E-state index >= 15 is 0 Å². The second-order valence-corrected chi connectivity index (χ2v) is 7.61. The number of nitrogens with two attached hydrogens (primary N) is 1. The van der Waals surface area contributed by atoms with Crippen molar-refractivity contribution in [2.45, 2.75) is 32.7 Å². The number of hydrogen-bond donors (Lipinski definition) is 1. The average Bonchev–Trinajstić information content (AvgIpc) is 3.37. The van der Waals surface area contributed by atoms with Crippen molar-refractivity contribution in [1.82, 2.24) is 24.5 Å². The first-order valence-corrected chi connectivity index (χ1v) is 10.1. The van der Waals surface area contributed by atoms with Crippen molar-refractivity contribution in [1.29, 1.82) is 0 Å². The lowest BCUT2D eigenvalue weighted by Crippen LogP contribution is -2.12. The molecule has 1 aliphatic heterocycles. The Balaban J connectivity index is 1.79. The van der Waals surface area contributed by atoms with Crippen molar-refractivity contribution in [3.8, 4) is 22.7 Å². The number of fused-ring (bicyclic) bond motifs is 7. The fraction of sp³-hybridized carbons (Fsp3) is 0.227. The first-order valence-electron chi connectivity index (χ1n) is 10.1. The molecule has 170 valence electrons. The van der Waals surface area contributed by atoms with Gasteiger partial charge in [-0.3, -0.25) is 4.68 Å². The van der Waals surface area contributed by atoms with Crippen LogP contribution >= 0.6 is 0 Å². The Bertz CT molecular complexity index is 1360. The summed E-state index contributed by atoms with van der Waals surface area (Å²) in [7, 11) is 0. The van der Waals surface area contributed by atoms with Crippen LogP contribution in [0.15, 0.2) is 42.7 Å². The van der Waals surface area contributed by atoms with E-state index in [1.54, 1.807) is 23.1 Å². The molecule has 33 heavy (non-hydrogen) atoms. The maximum absolute atomic E-state index is 14.0. The molecule has 0 aliphatic carbocycles. The highest BCUT2D eigenvalue weighted by Gasteiger charge is 2.35. The van der Waals surface area contributed by atoms with Crippen molar-refractivity contribution in [3.63, 3.8) is 0 Å². The lowest BCUT2D eigenvalue weighted by Gasteiger charge is -2.17. The number of halogens is 4. The molecule has 5 rings (SSSR count). The monoisotopic (exact) mass is 458 g/mol. The summed E-state index contributed by atoms with van der Waals surface area (Å²) in [5.41, 5.74) is 7.81. The highest BCUT2D eigenvalue weighted by molar-refractivity contribution is 5.67. The van der Waals surface area contributed by atoms with E-state index in [1.165, 1.54) is 22.9 Å². The number of hydrogen-bond acceptors (Lipinski definition) is 5. The van der Waals surface area contributed by atoms with Crippen molar-refractivity contribution in [2.24, 2.45) is 0 Å². The van der Waals surface area contributed by atoms with Gasteiger partial charge in [0.1, 0.15) is 12.4 Å². The van der Waals surface area contributed by atoms with Crippen molar-refractivity contribution in [3.05, 3.63) is 71.1 Å². The molecule has 0 fully saturated rings. The second kappa shape index (κ2) is 7.61. The molecule has 11 heteroatoms. The summed E-state index contributed by atoms with van der Waals surface area (Å²) in [6.45, 7) is 2.29. The molecule has 0 saturated heterocycles. The molecule has 0 atom stereocenters. The highest BCUT2D eigenvalue weighted by atomic mass is 19.4. The zero-order chi connectivity index (χ0) is 23.3. The van der Waals surface area contributed by atoms with Gasteiger partial charge < -0.3 is 10.5 Å². The van der Waals surface area contributed by atoms with E-state index in [0.717, 1.165) is 6.07 Å². The fourth-order valence-corrected chi connectivity index (χ4v) is 3.95. The van der Waals surface area contributed by atoms with Crippen molar-refractivity contribution < 1.29 is 22.3 Å². The third-order valence-corrected chi connectivity index (χ3v) is 5.47. The molecule has 3 aromatic heterocycles. The van der Waals surface area contributed by atoms with Crippen LogP contribution in [0.2, 0.25) is 0 Å². The second-order valence-electron chi connectivity index (χ2n) is 7.61. The van der Waals surface area contributed by atoms with Gasteiger partial charge in [0.2, 0.25) is 0 Å². The third-order valence-electron chi connectivity index (χ3n) is 5.47. The predicted molar refractivity (Wildman–Crippen MR) is 111 cm³/mol. The van der Waals surface area contributed by atoms with E-state index in [0.29, 0.717) is 28.9 Å². The lowest BCUT2D eigenvalue weighted by atomic mass is 10.0. The summed E-state index contributed by atoms with van der Waals surface area (Å²) in [5.74, 6) is -0.146. The molecule has 7 nitrogen and oxygen atoms in total. The molecule has 4 heterocycles. The van der Waals surface area contributed by atoms with E-state index in [9.17, 15) is 17.6 Å². The van der Waals surface area contributed by atoms with Crippen LogP contribution in [0.3, 0.4) is 0 Å². The third kappa shape index (κ3) is 3.69. The summed E-state index contributed by atoms with van der Waals surface area (Å²) in [4.78, 5) is 4.21. The Morgan fingerprint density at radius 3 is 2.70 bits per heavy atom. The van der Waals surface area contributed by atoms with Gasteiger partial charge >= 0.3 is 6.18 Å². The maximum Gasteiger partial charge on any atom is 0.435 e. The van der Waals surface area contributed by atoms with E-state index < -0.39 is 17.7 Å². The van der Waals surface area contributed by atoms with Gasteiger partial charge in [-0.2, -0.15) is 23.4 Å². The van der Waals surface area contributed by atoms with Crippen LogP contribution in [0.1, 0.15) is 29.4 Å². The molecule has 4 aromatic rings. The summed E-state index contributed by atoms with van der Waals surface area (Å²) in [5, 5.41) is 8.20. The number of aryl methyl sites for hydroxylation is 1. The maximum atomic E-state index is 14.0. The summed E-state index contributed by atoms with van der Waals surface area (Å²) >= 11 is 0. The molecule has 1 aliphatic rings. The van der Waals surface area contributed by atoms with Crippen LogP contribution in [0, 0.1) is 5.82 Å². The Kier molecular flexibility index (Phi) is 4.84. The number of pyridine rings is 1. The minimum absolute atomic E-state index is 0.107. The highest BCUT2D eigenvalue weighted by Crippen LogP contribution is 2.35. The Hall–Kier alpha value is -3.89. The fourth-order valence-electron chi connectivity index (χ4n) is 3.95. The average molecular weight is 458 g/mol. The largest absolute Gasteiger partial charge is 0.485 e. The van der Waals surface area contributed by atoms with E-state index in [1.807, 2.05) is 6.92 Å². The van der Waals surface area contributed by atoms with Gasteiger partial charge in [-0.15, -0.1) is 0 Å². The topological polar surface area (TPSA) is 83.8 Å². The summed E-state index contributed by atoms with van der Waals surface area (Å²) in [6, 6.07) is 6.45. The minimum Gasteiger partial charge on any atom is -0.485 e. The van der Waals surface area contributed by atoms with Gasteiger partial charge in [0, 0.05) is 41.5 Å². The van der Waals surface area contributed by atoms with Crippen LogP contribution in [-0.2, 0) is 25.7 Å². The minimum atomic E-state index is -4.65. The van der Waals surface area contributed by atoms with Gasteiger partial charge in [-0.05, 0) is 37.3 Å². The van der Waals surface area contributed by atoms with E-state index in [2.05, 4.69) is 15.2 Å². The van der Waals surface area contributed by atoms with Crippen LogP contribution in [0.4, 0.5) is 23.4 Å². The number of alkyl halides is 3. The molecule has 1 aromatic carbocycles. The normalized spacial score (nSPS) is 13.2. The first-order chi connectivity index (χ1) is 15.7. The predicted octanol–water partition coefficient (Wildman–Crippen LogP) is 4.37. The van der Waals surface area contributed by atoms with Crippen LogP contribution < -0.4 is 10.5 Å². The molecule has 2 N–H and O–H groups in total. The number of aromatic nitrogens is 5. The van der Waals surface area contributed by atoms with Crippen LogP contribution in [0.5, 0.6) is 5.75 Å². The van der Waals surface area contributed by atoms with Gasteiger partial charge in [-0.1, -0.05) is 0 Å². The molecular formula is C22H18F4N6O. The number of benzene rings is 1. The van der Waals surface area contributed by atoms with Gasteiger partial charge in [-0.25, -0.2) is 14.1 Å². The lowest BCUT2D eigenvalue weighted by molar-refractivity contribution is -0.141. The molecule has 0 saturated carbocycles. The number of anilines is 1. The van der Waals surface area contributed by atoms with E-state index in [4.69, 9.17) is 10.5 Å². The molecule has 0 spiro atoms. The zero-order valence-electron chi connectivity index (χ0n) is 17.4. The Labute approximate surface area is 185 Å². The molecule has 0 radical (unpaired) electrons. The van der Waals surface area contributed by atoms with Crippen LogP contribution in [-0.4, -0.2) is 24.5 Å². The van der Waals surface area contributed by atoms with Crippen molar-refractivity contribution >= 4 is 5.82 Å². The van der Waals surface area contributed by atoms with E-state index in [-0.39, 0.29) is 36.0 Å². The molecule has 0 unspecified atom stereocenters. The van der Waals surface area contributed by atoms with Gasteiger partial charge in [0.05, 0.1) is 17.6 Å². The quantitative estimate of drug-likeness (QED) is 0.428. The smallest absolute Gasteiger partial charge is 0.435 e. The summed E-state index contributed by atoms with van der Waals surface area (Å²) in [6.07, 6.45) is -1.37. The molecule has 0 amide bonds.